The molecule has 0 spiro atoms. The first-order valence-electron chi connectivity index (χ1n) is 7.42. The Labute approximate surface area is 115 Å². The Morgan fingerprint density at radius 1 is 0.895 bits per heavy atom. The molecule has 0 saturated heterocycles. The van der Waals surface area contributed by atoms with Crippen LogP contribution in [-0.2, 0) is 0 Å². The molecule has 100 valence electrons. The predicted molar refractivity (Wildman–Crippen MR) is 80.9 cm³/mol. The molecule has 0 aliphatic heterocycles. The zero-order chi connectivity index (χ0) is 12.9. The average molecular weight is 254 g/mol. The van der Waals surface area contributed by atoms with E-state index in [0.717, 1.165) is 0 Å². The van der Waals surface area contributed by atoms with Crippen LogP contribution >= 0.6 is 0 Å². The summed E-state index contributed by atoms with van der Waals surface area (Å²) in [5.74, 6) is 0. The van der Waals surface area contributed by atoms with Gasteiger partial charge < -0.3 is 9.88 Å². The second kappa shape index (κ2) is 5.96. The van der Waals surface area contributed by atoms with E-state index in [1.165, 1.54) is 49.9 Å². The Morgan fingerprint density at radius 2 is 1.63 bits per heavy atom. The van der Waals surface area contributed by atoms with Gasteiger partial charge in [-0.2, -0.15) is 0 Å². The van der Waals surface area contributed by atoms with E-state index in [2.05, 4.69) is 58.7 Å². The molecule has 2 aromatic rings. The summed E-state index contributed by atoms with van der Waals surface area (Å²) < 4.78 is 2.15. The number of nitrogens with one attached hydrogen (secondary N) is 1. The van der Waals surface area contributed by atoms with Crippen LogP contribution in [0.5, 0.6) is 0 Å². The third-order valence-electron chi connectivity index (χ3n) is 3.97. The number of nitrogens with zero attached hydrogens (tertiary/aromatic N) is 1. The van der Waals surface area contributed by atoms with Crippen molar-refractivity contribution in [3.05, 3.63) is 48.8 Å². The van der Waals surface area contributed by atoms with Crippen molar-refractivity contribution in [3.63, 3.8) is 0 Å². The first-order chi connectivity index (χ1) is 9.42. The van der Waals surface area contributed by atoms with E-state index in [9.17, 15) is 0 Å². The molecule has 19 heavy (non-hydrogen) atoms. The van der Waals surface area contributed by atoms with Gasteiger partial charge in [-0.3, -0.25) is 0 Å². The molecular weight excluding hydrogens is 232 g/mol. The smallest absolute Gasteiger partial charge is 0.0469 e. The Hall–Kier alpha value is -1.70. The molecule has 1 N–H and O–H groups in total. The molecule has 1 heterocycles. The number of aromatic nitrogens is 1. The van der Waals surface area contributed by atoms with Crippen molar-refractivity contribution in [3.8, 4) is 5.69 Å². The van der Waals surface area contributed by atoms with Crippen molar-refractivity contribution < 1.29 is 0 Å². The lowest BCUT2D eigenvalue weighted by atomic mass is 10.1. The molecule has 0 atom stereocenters. The molecule has 1 aromatic carbocycles. The van der Waals surface area contributed by atoms with Gasteiger partial charge in [0.1, 0.15) is 0 Å². The maximum absolute atomic E-state index is 3.71. The molecule has 1 fully saturated rings. The second-order valence-corrected chi connectivity index (χ2v) is 5.47. The summed E-state index contributed by atoms with van der Waals surface area (Å²) in [4.78, 5) is 0. The highest BCUT2D eigenvalue weighted by molar-refractivity contribution is 5.51. The standard InChI is InChI=1S/C17H22N2/c1-2-4-9-15(8-3-1)18-16-10-7-11-17(14-16)19-12-5-6-13-19/h5-7,10-15,18H,1-4,8-9H2. The third kappa shape index (κ3) is 3.19. The second-order valence-electron chi connectivity index (χ2n) is 5.47. The normalized spacial score (nSPS) is 17.1. The molecule has 0 amide bonds. The summed E-state index contributed by atoms with van der Waals surface area (Å²) in [6, 6.07) is 13.5. The Bertz CT molecular complexity index is 494. The molecule has 0 bridgehead atoms. The molecule has 0 unspecified atom stereocenters. The van der Waals surface area contributed by atoms with E-state index in [1.807, 2.05) is 0 Å². The lowest BCUT2D eigenvalue weighted by Crippen LogP contribution is -2.18. The summed E-state index contributed by atoms with van der Waals surface area (Å²) in [7, 11) is 0. The van der Waals surface area contributed by atoms with Gasteiger partial charge in [-0.1, -0.05) is 31.7 Å². The van der Waals surface area contributed by atoms with Crippen molar-refractivity contribution in [2.24, 2.45) is 0 Å². The number of benzene rings is 1. The quantitative estimate of drug-likeness (QED) is 0.791. The summed E-state index contributed by atoms with van der Waals surface area (Å²) in [6.45, 7) is 0. The summed E-state index contributed by atoms with van der Waals surface area (Å²) in [6.07, 6.45) is 12.4. The lowest BCUT2D eigenvalue weighted by molar-refractivity contribution is 0.620. The Morgan fingerprint density at radius 3 is 2.37 bits per heavy atom. The molecule has 1 saturated carbocycles. The van der Waals surface area contributed by atoms with E-state index in [4.69, 9.17) is 0 Å². The van der Waals surface area contributed by atoms with Crippen LogP contribution in [0, 0.1) is 0 Å². The number of anilines is 1. The maximum atomic E-state index is 3.71. The fourth-order valence-electron chi connectivity index (χ4n) is 2.92. The van der Waals surface area contributed by atoms with E-state index >= 15 is 0 Å². The molecular formula is C17H22N2. The molecule has 2 nitrogen and oxygen atoms in total. The molecule has 3 rings (SSSR count). The summed E-state index contributed by atoms with van der Waals surface area (Å²) >= 11 is 0. The van der Waals surface area contributed by atoms with Gasteiger partial charge in [0.25, 0.3) is 0 Å². The zero-order valence-electron chi connectivity index (χ0n) is 11.4. The minimum absolute atomic E-state index is 0.655. The fraction of sp³-hybridized carbons (Fsp3) is 0.412. The highest BCUT2D eigenvalue weighted by Gasteiger charge is 2.11. The first-order valence-corrected chi connectivity index (χ1v) is 7.42. The van der Waals surface area contributed by atoms with Crippen LogP contribution in [0.25, 0.3) is 5.69 Å². The van der Waals surface area contributed by atoms with Gasteiger partial charge in [-0.25, -0.2) is 0 Å². The maximum Gasteiger partial charge on any atom is 0.0469 e. The van der Waals surface area contributed by atoms with Crippen LogP contribution in [0.1, 0.15) is 38.5 Å². The Kier molecular flexibility index (Phi) is 3.87. The van der Waals surface area contributed by atoms with Crippen LogP contribution < -0.4 is 5.32 Å². The first kappa shape index (κ1) is 12.3. The largest absolute Gasteiger partial charge is 0.382 e. The molecule has 0 radical (unpaired) electrons. The zero-order valence-corrected chi connectivity index (χ0v) is 11.4. The molecule has 1 aliphatic carbocycles. The van der Waals surface area contributed by atoms with Gasteiger partial charge in [0.15, 0.2) is 0 Å². The van der Waals surface area contributed by atoms with E-state index in [-0.39, 0.29) is 0 Å². The van der Waals surface area contributed by atoms with Crippen molar-refractivity contribution in [1.29, 1.82) is 0 Å². The van der Waals surface area contributed by atoms with Crippen LogP contribution in [0.2, 0.25) is 0 Å². The fourth-order valence-corrected chi connectivity index (χ4v) is 2.92. The minimum atomic E-state index is 0.655. The number of rotatable bonds is 3. The van der Waals surface area contributed by atoms with Gasteiger partial charge in [-0.05, 0) is 43.2 Å². The third-order valence-corrected chi connectivity index (χ3v) is 3.97. The van der Waals surface area contributed by atoms with Crippen molar-refractivity contribution in [1.82, 2.24) is 4.57 Å². The highest BCUT2D eigenvalue weighted by Crippen LogP contribution is 2.22. The lowest BCUT2D eigenvalue weighted by Gasteiger charge is -2.18. The van der Waals surface area contributed by atoms with Gasteiger partial charge in [-0.15, -0.1) is 0 Å². The van der Waals surface area contributed by atoms with Crippen LogP contribution in [0.15, 0.2) is 48.8 Å². The molecule has 2 heteroatoms. The van der Waals surface area contributed by atoms with E-state index < -0.39 is 0 Å². The predicted octanol–water partition coefficient (Wildman–Crippen LogP) is 4.61. The topological polar surface area (TPSA) is 17.0 Å². The van der Waals surface area contributed by atoms with E-state index in [0.29, 0.717) is 6.04 Å². The van der Waals surface area contributed by atoms with Crippen molar-refractivity contribution >= 4 is 5.69 Å². The van der Waals surface area contributed by atoms with Crippen LogP contribution in [0.4, 0.5) is 5.69 Å². The van der Waals surface area contributed by atoms with Crippen LogP contribution in [-0.4, -0.2) is 10.6 Å². The van der Waals surface area contributed by atoms with Crippen molar-refractivity contribution in [2.45, 2.75) is 44.6 Å². The average Bonchev–Trinajstić information content (AvgIpc) is 2.86. The van der Waals surface area contributed by atoms with Gasteiger partial charge >= 0.3 is 0 Å². The Balaban J connectivity index is 1.72. The van der Waals surface area contributed by atoms with Gasteiger partial charge in [0.05, 0.1) is 0 Å². The summed E-state index contributed by atoms with van der Waals surface area (Å²) in [5, 5.41) is 3.71. The van der Waals surface area contributed by atoms with Gasteiger partial charge in [0, 0.05) is 29.8 Å². The highest BCUT2D eigenvalue weighted by atomic mass is 15.0. The van der Waals surface area contributed by atoms with E-state index in [1.54, 1.807) is 0 Å². The monoisotopic (exact) mass is 254 g/mol. The van der Waals surface area contributed by atoms with Crippen LogP contribution in [0.3, 0.4) is 0 Å². The molecule has 1 aromatic heterocycles. The summed E-state index contributed by atoms with van der Waals surface area (Å²) in [5.41, 5.74) is 2.47. The van der Waals surface area contributed by atoms with Gasteiger partial charge in [0.2, 0.25) is 0 Å². The molecule has 1 aliphatic rings. The SMILES string of the molecule is c1cc(NC2CCCCCC2)cc(-n2cccc2)c1. The minimum Gasteiger partial charge on any atom is -0.382 e. The number of hydrogen-bond donors (Lipinski definition) is 1. The van der Waals surface area contributed by atoms with Crippen molar-refractivity contribution in [2.75, 3.05) is 5.32 Å². The number of hydrogen-bond acceptors (Lipinski definition) is 1.